The van der Waals surface area contributed by atoms with Crippen LogP contribution < -0.4 is 0 Å². The second kappa shape index (κ2) is 6.02. The molecule has 0 amide bonds. The highest BCUT2D eigenvalue weighted by Gasteiger charge is 2.32. The highest BCUT2D eigenvalue weighted by atomic mass is 16.4. The SMILES string of the molecule is CCCC(C)C(O)C(C(=O)O)C(C)C. The van der Waals surface area contributed by atoms with Crippen LogP contribution in [0.5, 0.6) is 0 Å². The van der Waals surface area contributed by atoms with Crippen molar-refractivity contribution in [1.82, 2.24) is 0 Å². The van der Waals surface area contributed by atoms with Gasteiger partial charge in [-0.05, 0) is 18.3 Å². The maximum absolute atomic E-state index is 10.9. The quantitative estimate of drug-likeness (QED) is 0.693. The lowest BCUT2D eigenvalue weighted by Gasteiger charge is -2.27. The van der Waals surface area contributed by atoms with Crippen LogP contribution in [0.1, 0.15) is 40.5 Å². The van der Waals surface area contributed by atoms with Gasteiger partial charge in [-0.2, -0.15) is 0 Å². The Labute approximate surface area is 86.1 Å². The molecule has 14 heavy (non-hydrogen) atoms. The van der Waals surface area contributed by atoms with Crippen molar-refractivity contribution in [2.45, 2.75) is 46.6 Å². The molecule has 0 aromatic heterocycles. The Morgan fingerprint density at radius 1 is 1.29 bits per heavy atom. The molecule has 0 saturated heterocycles. The standard InChI is InChI=1S/C11H22O3/c1-5-6-8(4)10(12)9(7(2)3)11(13)14/h7-10,12H,5-6H2,1-4H3,(H,13,14). The minimum atomic E-state index is -0.893. The molecular weight excluding hydrogens is 180 g/mol. The van der Waals surface area contributed by atoms with E-state index in [1.54, 1.807) is 0 Å². The smallest absolute Gasteiger partial charge is 0.309 e. The zero-order valence-corrected chi connectivity index (χ0v) is 9.53. The number of aliphatic hydroxyl groups is 1. The predicted molar refractivity (Wildman–Crippen MR) is 56.0 cm³/mol. The largest absolute Gasteiger partial charge is 0.481 e. The van der Waals surface area contributed by atoms with Gasteiger partial charge in [0.25, 0.3) is 0 Å². The Balaban J connectivity index is 4.42. The Morgan fingerprint density at radius 2 is 1.79 bits per heavy atom. The molecule has 0 aromatic carbocycles. The Bertz CT molecular complexity index is 177. The van der Waals surface area contributed by atoms with Gasteiger partial charge in [0.1, 0.15) is 0 Å². The first-order valence-corrected chi connectivity index (χ1v) is 5.32. The van der Waals surface area contributed by atoms with Crippen LogP contribution in [-0.4, -0.2) is 22.3 Å². The van der Waals surface area contributed by atoms with Gasteiger partial charge in [0.15, 0.2) is 0 Å². The van der Waals surface area contributed by atoms with Crippen LogP contribution in [0.2, 0.25) is 0 Å². The van der Waals surface area contributed by atoms with Gasteiger partial charge < -0.3 is 10.2 Å². The van der Waals surface area contributed by atoms with E-state index in [9.17, 15) is 9.90 Å². The second-order valence-electron chi connectivity index (χ2n) is 4.36. The minimum absolute atomic E-state index is 0.0261. The van der Waals surface area contributed by atoms with Crippen molar-refractivity contribution < 1.29 is 15.0 Å². The molecule has 3 atom stereocenters. The van der Waals surface area contributed by atoms with Crippen LogP contribution in [0.3, 0.4) is 0 Å². The molecule has 0 aliphatic carbocycles. The van der Waals surface area contributed by atoms with Gasteiger partial charge in [0.05, 0.1) is 12.0 Å². The molecule has 3 unspecified atom stereocenters. The fourth-order valence-electron chi connectivity index (χ4n) is 1.81. The van der Waals surface area contributed by atoms with Crippen LogP contribution in [-0.2, 0) is 4.79 Å². The fraction of sp³-hybridized carbons (Fsp3) is 0.909. The molecule has 0 aliphatic rings. The number of aliphatic carboxylic acids is 1. The molecule has 3 nitrogen and oxygen atoms in total. The van der Waals surface area contributed by atoms with Crippen LogP contribution >= 0.6 is 0 Å². The Hall–Kier alpha value is -0.570. The monoisotopic (exact) mass is 202 g/mol. The number of carboxylic acids is 1. The van der Waals surface area contributed by atoms with Gasteiger partial charge in [-0.3, -0.25) is 4.79 Å². The van der Waals surface area contributed by atoms with Gasteiger partial charge in [0.2, 0.25) is 0 Å². The van der Waals surface area contributed by atoms with E-state index in [-0.39, 0.29) is 11.8 Å². The molecule has 0 aromatic rings. The first kappa shape index (κ1) is 13.4. The highest BCUT2D eigenvalue weighted by Crippen LogP contribution is 2.24. The maximum atomic E-state index is 10.9. The molecule has 0 radical (unpaired) electrons. The number of aliphatic hydroxyl groups excluding tert-OH is 1. The van der Waals surface area contributed by atoms with Crippen molar-refractivity contribution in [3.8, 4) is 0 Å². The maximum Gasteiger partial charge on any atom is 0.309 e. The van der Waals surface area contributed by atoms with E-state index in [0.717, 1.165) is 12.8 Å². The third-order valence-corrected chi connectivity index (χ3v) is 2.70. The van der Waals surface area contributed by atoms with Crippen LogP contribution in [0.4, 0.5) is 0 Å². The number of rotatable bonds is 6. The fourth-order valence-corrected chi connectivity index (χ4v) is 1.81. The van der Waals surface area contributed by atoms with Gasteiger partial charge in [0, 0.05) is 0 Å². The number of carboxylic acid groups (broad SMARTS) is 1. The number of carbonyl (C=O) groups is 1. The molecule has 84 valence electrons. The lowest BCUT2D eigenvalue weighted by molar-refractivity contribution is -0.149. The number of hydrogen-bond acceptors (Lipinski definition) is 2. The molecular formula is C11H22O3. The summed E-state index contributed by atoms with van der Waals surface area (Å²) in [7, 11) is 0. The summed E-state index contributed by atoms with van der Waals surface area (Å²) in [5, 5.41) is 18.8. The van der Waals surface area contributed by atoms with E-state index in [1.807, 2.05) is 27.7 Å². The zero-order valence-electron chi connectivity index (χ0n) is 9.53. The molecule has 0 saturated carbocycles. The van der Waals surface area contributed by atoms with Gasteiger partial charge >= 0.3 is 5.97 Å². The van der Waals surface area contributed by atoms with Crippen molar-refractivity contribution in [3.63, 3.8) is 0 Å². The van der Waals surface area contributed by atoms with E-state index >= 15 is 0 Å². The van der Waals surface area contributed by atoms with E-state index in [0.29, 0.717) is 0 Å². The Kier molecular flexibility index (Phi) is 5.77. The molecule has 3 heteroatoms. The lowest BCUT2D eigenvalue weighted by Crippen LogP contribution is -2.36. The molecule has 0 fully saturated rings. The molecule has 0 rings (SSSR count). The summed E-state index contributed by atoms with van der Waals surface area (Å²) < 4.78 is 0. The third kappa shape index (κ3) is 3.66. The average molecular weight is 202 g/mol. The summed E-state index contributed by atoms with van der Waals surface area (Å²) in [6, 6.07) is 0. The van der Waals surface area contributed by atoms with Gasteiger partial charge in [-0.15, -0.1) is 0 Å². The lowest BCUT2D eigenvalue weighted by atomic mass is 9.82. The highest BCUT2D eigenvalue weighted by molar-refractivity contribution is 5.71. The van der Waals surface area contributed by atoms with E-state index in [1.165, 1.54) is 0 Å². The van der Waals surface area contributed by atoms with Crippen molar-refractivity contribution in [1.29, 1.82) is 0 Å². The van der Waals surface area contributed by atoms with E-state index < -0.39 is 18.0 Å². The molecule has 0 heterocycles. The number of hydrogen-bond donors (Lipinski definition) is 2. The summed E-state index contributed by atoms with van der Waals surface area (Å²) in [5.41, 5.74) is 0. The normalized spacial score (nSPS) is 17.9. The summed E-state index contributed by atoms with van der Waals surface area (Å²) in [4.78, 5) is 10.9. The van der Waals surface area contributed by atoms with Crippen LogP contribution in [0.15, 0.2) is 0 Å². The molecule has 2 N–H and O–H groups in total. The van der Waals surface area contributed by atoms with Gasteiger partial charge in [-0.25, -0.2) is 0 Å². The summed E-state index contributed by atoms with van der Waals surface area (Å²) in [5.74, 6) is -1.50. The van der Waals surface area contributed by atoms with Crippen molar-refractivity contribution >= 4 is 5.97 Å². The average Bonchev–Trinajstić information content (AvgIpc) is 2.03. The van der Waals surface area contributed by atoms with Crippen LogP contribution in [0, 0.1) is 17.8 Å². The topological polar surface area (TPSA) is 57.5 Å². The molecule has 0 spiro atoms. The first-order valence-electron chi connectivity index (χ1n) is 5.32. The van der Waals surface area contributed by atoms with Gasteiger partial charge in [-0.1, -0.05) is 34.1 Å². The van der Waals surface area contributed by atoms with E-state index in [4.69, 9.17) is 5.11 Å². The minimum Gasteiger partial charge on any atom is -0.481 e. The van der Waals surface area contributed by atoms with Crippen molar-refractivity contribution in [3.05, 3.63) is 0 Å². The summed E-state index contributed by atoms with van der Waals surface area (Å²) >= 11 is 0. The third-order valence-electron chi connectivity index (χ3n) is 2.70. The Morgan fingerprint density at radius 3 is 2.07 bits per heavy atom. The zero-order chi connectivity index (χ0) is 11.3. The molecule has 0 bridgehead atoms. The first-order chi connectivity index (χ1) is 6.41. The predicted octanol–water partition coefficient (Wildman–Crippen LogP) is 2.14. The summed E-state index contributed by atoms with van der Waals surface area (Å²) in [6.45, 7) is 7.61. The summed E-state index contributed by atoms with van der Waals surface area (Å²) in [6.07, 6.45) is 1.12. The van der Waals surface area contributed by atoms with Crippen LogP contribution in [0.25, 0.3) is 0 Å². The van der Waals surface area contributed by atoms with Crippen molar-refractivity contribution in [2.24, 2.45) is 17.8 Å². The van der Waals surface area contributed by atoms with Crippen molar-refractivity contribution in [2.75, 3.05) is 0 Å². The second-order valence-corrected chi connectivity index (χ2v) is 4.36. The molecule has 0 aliphatic heterocycles. The van der Waals surface area contributed by atoms with E-state index in [2.05, 4.69) is 0 Å².